The summed E-state index contributed by atoms with van der Waals surface area (Å²) >= 11 is 0. The highest BCUT2D eigenvalue weighted by atomic mass is 16.6. The zero-order chi connectivity index (χ0) is 24.7. The van der Waals surface area contributed by atoms with E-state index in [0.29, 0.717) is 0 Å². The summed E-state index contributed by atoms with van der Waals surface area (Å²) in [6.07, 6.45) is 1.73. The fourth-order valence-electron chi connectivity index (χ4n) is 4.24. The van der Waals surface area contributed by atoms with E-state index in [2.05, 4.69) is 0 Å². The van der Waals surface area contributed by atoms with Crippen molar-refractivity contribution < 1.29 is 38.2 Å². The molecule has 1 aliphatic carbocycles. The average Bonchev–Trinajstić information content (AvgIpc) is 3.46. The van der Waals surface area contributed by atoms with Gasteiger partial charge < -0.3 is 9.47 Å². The number of carbonyl (C=O) groups excluding carboxylic acids is 6. The van der Waals surface area contributed by atoms with Crippen LogP contribution in [-0.2, 0) is 19.1 Å². The summed E-state index contributed by atoms with van der Waals surface area (Å²) in [6.45, 7) is -1.08. The lowest BCUT2D eigenvalue weighted by Crippen LogP contribution is -2.37. The van der Waals surface area contributed by atoms with Gasteiger partial charge in [-0.25, -0.2) is 0 Å². The Kier molecular flexibility index (Phi) is 5.48. The number of esters is 2. The van der Waals surface area contributed by atoms with Crippen LogP contribution in [0.3, 0.4) is 0 Å². The number of hydrogen-bond acceptors (Lipinski definition) is 8. The number of fused-ring (bicyclic) bond motifs is 2. The second-order valence-corrected chi connectivity index (χ2v) is 8.16. The van der Waals surface area contributed by atoms with Crippen LogP contribution in [0.1, 0.15) is 47.9 Å². The van der Waals surface area contributed by atoms with Gasteiger partial charge in [0, 0.05) is 6.42 Å². The van der Waals surface area contributed by atoms with E-state index in [1.807, 2.05) is 0 Å². The lowest BCUT2D eigenvalue weighted by molar-refractivity contribution is -0.150. The Morgan fingerprint density at radius 2 is 0.943 bits per heavy atom. The summed E-state index contributed by atoms with van der Waals surface area (Å²) in [6, 6.07) is 12.6. The zero-order valence-electron chi connectivity index (χ0n) is 18.2. The highest BCUT2D eigenvalue weighted by Crippen LogP contribution is 2.24. The Hall–Kier alpha value is -4.60. The smallest absolute Gasteiger partial charge is 0.326 e. The van der Waals surface area contributed by atoms with E-state index in [-0.39, 0.29) is 28.7 Å². The largest absolute Gasteiger partial charge is 0.457 e. The molecule has 0 saturated carbocycles. The highest BCUT2D eigenvalue weighted by molar-refractivity contribution is 6.23. The first-order valence-corrected chi connectivity index (χ1v) is 10.8. The van der Waals surface area contributed by atoms with E-state index in [0.717, 1.165) is 9.80 Å². The summed E-state index contributed by atoms with van der Waals surface area (Å²) in [7, 11) is 0. The first kappa shape index (κ1) is 22.2. The molecule has 0 saturated heterocycles. The normalized spacial score (nSPS) is 20.3. The lowest BCUT2D eigenvalue weighted by Gasteiger charge is -2.18. The number of benzene rings is 2. The highest BCUT2D eigenvalue weighted by Gasteiger charge is 2.38. The summed E-state index contributed by atoms with van der Waals surface area (Å²) in [5, 5.41) is 0. The molecule has 10 heteroatoms. The van der Waals surface area contributed by atoms with Gasteiger partial charge >= 0.3 is 11.9 Å². The molecule has 3 aliphatic rings. The number of nitrogens with zero attached hydrogens (tertiary/aromatic N) is 2. The van der Waals surface area contributed by atoms with Gasteiger partial charge in [0.15, 0.2) is 0 Å². The summed E-state index contributed by atoms with van der Waals surface area (Å²) in [5.74, 6) is -3.83. The van der Waals surface area contributed by atoms with E-state index >= 15 is 0 Å². The maximum Gasteiger partial charge on any atom is 0.326 e. The Labute approximate surface area is 198 Å². The van der Waals surface area contributed by atoms with E-state index in [1.54, 1.807) is 24.3 Å². The molecule has 2 heterocycles. The van der Waals surface area contributed by atoms with Crippen LogP contribution >= 0.6 is 0 Å². The van der Waals surface area contributed by atoms with Crippen LogP contribution in [-0.4, -0.2) is 70.7 Å². The minimum atomic E-state index is -0.785. The van der Waals surface area contributed by atoms with Crippen LogP contribution in [0.2, 0.25) is 0 Å². The van der Waals surface area contributed by atoms with Crippen molar-refractivity contribution >= 4 is 35.6 Å². The van der Waals surface area contributed by atoms with Crippen LogP contribution in [0.25, 0.3) is 0 Å². The van der Waals surface area contributed by atoms with Crippen molar-refractivity contribution in [3.05, 3.63) is 82.9 Å². The van der Waals surface area contributed by atoms with Crippen molar-refractivity contribution in [2.75, 3.05) is 13.1 Å². The molecular weight excluding hydrogens is 456 g/mol. The number of amides is 4. The molecular formula is C25H18N2O8. The average molecular weight is 474 g/mol. The van der Waals surface area contributed by atoms with Gasteiger partial charge in [-0.15, -0.1) is 0 Å². The predicted octanol–water partition coefficient (Wildman–Crippen LogP) is 1.36. The molecule has 10 nitrogen and oxygen atoms in total. The third kappa shape index (κ3) is 3.99. The van der Waals surface area contributed by atoms with E-state index in [4.69, 9.17) is 9.47 Å². The first-order chi connectivity index (χ1) is 16.8. The molecule has 5 rings (SSSR count). The van der Waals surface area contributed by atoms with Gasteiger partial charge in [0.2, 0.25) is 0 Å². The maximum absolute atomic E-state index is 12.4. The maximum atomic E-state index is 12.4. The van der Waals surface area contributed by atoms with Crippen LogP contribution in [0.4, 0.5) is 0 Å². The van der Waals surface area contributed by atoms with Gasteiger partial charge in [-0.05, 0) is 36.4 Å². The molecule has 0 aromatic heterocycles. The third-order valence-electron chi connectivity index (χ3n) is 5.90. The Morgan fingerprint density at radius 1 is 0.629 bits per heavy atom. The molecule has 0 N–H and O–H groups in total. The van der Waals surface area contributed by atoms with Crippen molar-refractivity contribution in [1.29, 1.82) is 0 Å². The zero-order valence-corrected chi connectivity index (χ0v) is 18.2. The van der Waals surface area contributed by atoms with Gasteiger partial charge in [0.05, 0.1) is 22.3 Å². The van der Waals surface area contributed by atoms with Crippen molar-refractivity contribution in [2.45, 2.75) is 18.6 Å². The molecule has 0 radical (unpaired) electrons. The molecule has 0 fully saturated rings. The Morgan fingerprint density at radius 3 is 1.26 bits per heavy atom. The van der Waals surface area contributed by atoms with Crippen molar-refractivity contribution in [2.24, 2.45) is 0 Å². The number of imide groups is 2. The summed E-state index contributed by atoms with van der Waals surface area (Å²) < 4.78 is 10.6. The fourth-order valence-corrected chi connectivity index (χ4v) is 4.24. The molecule has 2 aromatic rings. The molecule has 2 unspecified atom stereocenters. The van der Waals surface area contributed by atoms with Gasteiger partial charge in [0.25, 0.3) is 23.6 Å². The van der Waals surface area contributed by atoms with Crippen molar-refractivity contribution in [3.8, 4) is 0 Å². The first-order valence-electron chi connectivity index (χ1n) is 10.8. The third-order valence-corrected chi connectivity index (χ3v) is 5.90. The van der Waals surface area contributed by atoms with E-state index in [9.17, 15) is 28.8 Å². The van der Waals surface area contributed by atoms with Gasteiger partial charge in [-0.1, -0.05) is 24.3 Å². The molecule has 2 aliphatic heterocycles. The van der Waals surface area contributed by atoms with Gasteiger partial charge in [-0.2, -0.15) is 0 Å². The molecule has 0 spiro atoms. The predicted molar refractivity (Wildman–Crippen MR) is 117 cm³/mol. The number of hydrogen-bond donors (Lipinski definition) is 0. The minimum absolute atomic E-state index is 0.127. The summed E-state index contributed by atoms with van der Waals surface area (Å²) in [4.78, 5) is 75.9. The SMILES string of the molecule is O=C(CN1C(=O)c2ccccc2C1=O)OC1C=CC(OC(=O)CN2C(=O)c3ccccc3C2=O)C1. The van der Waals surface area contributed by atoms with Crippen LogP contribution < -0.4 is 0 Å². The second kappa shape index (κ2) is 8.64. The topological polar surface area (TPSA) is 127 Å². The monoisotopic (exact) mass is 474 g/mol. The standard InChI is InChI=1S/C25H18N2O8/c28-20(12-26-22(30)16-5-1-2-6-17(16)23(26)31)34-14-9-10-15(11-14)35-21(29)13-27-24(32)18-7-3-4-8-19(18)25(27)33/h1-10,14-15H,11-13H2. The second-order valence-electron chi connectivity index (χ2n) is 8.16. The van der Waals surface area contributed by atoms with Gasteiger partial charge in [-0.3, -0.25) is 38.6 Å². The molecule has 176 valence electrons. The molecule has 0 bridgehead atoms. The van der Waals surface area contributed by atoms with E-state index < -0.39 is 60.9 Å². The van der Waals surface area contributed by atoms with Crippen molar-refractivity contribution in [3.63, 3.8) is 0 Å². The van der Waals surface area contributed by atoms with Crippen LogP contribution in [0.5, 0.6) is 0 Å². The summed E-state index contributed by atoms with van der Waals surface area (Å²) in [5.41, 5.74) is 0.930. The van der Waals surface area contributed by atoms with Crippen molar-refractivity contribution in [1.82, 2.24) is 9.80 Å². The Balaban J connectivity index is 1.11. The lowest BCUT2D eigenvalue weighted by atomic mass is 10.1. The Bertz CT molecular complexity index is 1160. The quantitative estimate of drug-likeness (QED) is 0.349. The van der Waals surface area contributed by atoms with Crippen LogP contribution in [0.15, 0.2) is 60.7 Å². The molecule has 2 aromatic carbocycles. The number of carbonyl (C=O) groups is 6. The molecule has 4 amide bonds. The molecule has 35 heavy (non-hydrogen) atoms. The number of ether oxygens (including phenoxy) is 2. The fraction of sp³-hybridized carbons (Fsp3) is 0.200. The van der Waals surface area contributed by atoms with Crippen LogP contribution in [0, 0.1) is 0 Å². The van der Waals surface area contributed by atoms with E-state index in [1.165, 1.54) is 36.4 Å². The van der Waals surface area contributed by atoms with Gasteiger partial charge in [0.1, 0.15) is 25.3 Å². The minimum Gasteiger partial charge on any atom is -0.457 e. The molecule has 2 atom stereocenters. The number of rotatable bonds is 6.